The zero-order valence-corrected chi connectivity index (χ0v) is 7.63. The highest BCUT2D eigenvalue weighted by atomic mass is 19.1. The van der Waals surface area contributed by atoms with Crippen molar-refractivity contribution in [3.05, 3.63) is 24.3 Å². The molecule has 1 fully saturated rings. The summed E-state index contributed by atoms with van der Waals surface area (Å²) in [5, 5.41) is 3.31. The van der Waals surface area contributed by atoms with E-state index in [-0.39, 0.29) is 0 Å². The van der Waals surface area contributed by atoms with Crippen molar-refractivity contribution in [1.29, 1.82) is 0 Å². The second kappa shape index (κ2) is 3.32. The van der Waals surface area contributed by atoms with Crippen LogP contribution in [-0.4, -0.2) is 11.0 Å². The van der Waals surface area contributed by atoms with Gasteiger partial charge in [-0.15, -0.1) is 0 Å². The van der Waals surface area contributed by atoms with E-state index in [2.05, 4.69) is 17.2 Å². The van der Waals surface area contributed by atoms with Crippen LogP contribution in [0.3, 0.4) is 0 Å². The van der Waals surface area contributed by atoms with Gasteiger partial charge < -0.3 is 5.32 Å². The van der Waals surface area contributed by atoms with Gasteiger partial charge in [-0.1, -0.05) is 6.92 Å². The molecule has 1 N–H and O–H groups in total. The number of nitrogens with one attached hydrogen (secondary N) is 1. The maximum atomic E-state index is 12.4. The third-order valence-electron chi connectivity index (χ3n) is 2.47. The van der Waals surface area contributed by atoms with Gasteiger partial charge in [0, 0.05) is 6.04 Å². The molecule has 0 unspecified atom stereocenters. The molecule has 0 aromatic carbocycles. The SMILES string of the molecule is CC1CC(Nc2ccc(F)nc2)C1. The van der Waals surface area contributed by atoms with Crippen molar-refractivity contribution in [2.45, 2.75) is 25.8 Å². The molecule has 1 aromatic heterocycles. The summed E-state index contributed by atoms with van der Waals surface area (Å²) in [6.07, 6.45) is 3.95. The minimum Gasteiger partial charge on any atom is -0.381 e. The van der Waals surface area contributed by atoms with Crippen molar-refractivity contribution >= 4 is 5.69 Å². The Balaban J connectivity index is 1.91. The first-order chi connectivity index (χ1) is 6.24. The second-order valence-electron chi connectivity index (χ2n) is 3.79. The Morgan fingerprint density at radius 1 is 1.46 bits per heavy atom. The molecule has 0 bridgehead atoms. The van der Waals surface area contributed by atoms with E-state index in [4.69, 9.17) is 0 Å². The normalized spacial score (nSPS) is 26.6. The van der Waals surface area contributed by atoms with Crippen LogP contribution in [0.4, 0.5) is 10.1 Å². The van der Waals surface area contributed by atoms with E-state index in [0.717, 1.165) is 11.6 Å². The number of anilines is 1. The molecule has 1 aliphatic carbocycles. The first-order valence-electron chi connectivity index (χ1n) is 4.62. The molecule has 1 aliphatic rings. The predicted octanol–water partition coefficient (Wildman–Crippen LogP) is 2.43. The van der Waals surface area contributed by atoms with Gasteiger partial charge in [-0.3, -0.25) is 0 Å². The monoisotopic (exact) mass is 180 g/mol. The van der Waals surface area contributed by atoms with Gasteiger partial charge >= 0.3 is 0 Å². The van der Waals surface area contributed by atoms with Crippen LogP contribution in [0.2, 0.25) is 0 Å². The van der Waals surface area contributed by atoms with Crippen molar-refractivity contribution in [3.8, 4) is 0 Å². The van der Waals surface area contributed by atoms with Gasteiger partial charge in [0.2, 0.25) is 5.95 Å². The summed E-state index contributed by atoms with van der Waals surface area (Å²) in [6.45, 7) is 2.24. The van der Waals surface area contributed by atoms with Gasteiger partial charge in [-0.25, -0.2) is 4.98 Å². The summed E-state index contributed by atoms with van der Waals surface area (Å²) in [4.78, 5) is 3.58. The van der Waals surface area contributed by atoms with E-state index in [0.29, 0.717) is 6.04 Å². The maximum absolute atomic E-state index is 12.4. The summed E-state index contributed by atoms with van der Waals surface area (Å²) in [5.74, 6) is 0.401. The number of aromatic nitrogens is 1. The van der Waals surface area contributed by atoms with Crippen LogP contribution in [0.5, 0.6) is 0 Å². The number of rotatable bonds is 2. The lowest BCUT2D eigenvalue weighted by atomic mass is 9.82. The van der Waals surface area contributed by atoms with Crippen LogP contribution in [0.15, 0.2) is 18.3 Å². The van der Waals surface area contributed by atoms with Crippen molar-refractivity contribution in [1.82, 2.24) is 4.98 Å². The molecule has 0 saturated heterocycles. The molecule has 0 aliphatic heterocycles. The Kier molecular flexibility index (Phi) is 2.17. The molecule has 2 nitrogen and oxygen atoms in total. The molecule has 3 heteroatoms. The van der Waals surface area contributed by atoms with E-state index >= 15 is 0 Å². The Morgan fingerprint density at radius 3 is 2.77 bits per heavy atom. The van der Waals surface area contributed by atoms with Crippen LogP contribution in [0, 0.1) is 11.9 Å². The Bertz CT molecular complexity index is 277. The molecule has 1 aromatic rings. The Morgan fingerprint density at radius 2 is 2.23 bits per heavy atom. The predicted molar refractivity (Wildman–Crippen MR) is 50.0 cm³/mol. The lowest BCUT2D eigenvalue weighted by molar-refractivity contribution is 0.309. The molecule has 13 heavy (non-hydrogen) atoms. The summed E-state index contributed by atoms with van der Waals surface area (Å²) >= 11 is 0. The minimum atomic E-state index is -0.424. The van der Waals surface area contributed by atoms with Crippen molar-refractivity contribution < 1.29 is 4.39 Å². The third-order valence-corrected chi connectivity index (χ3v) is 2.47. The number of nitrogens with zero attached hydrogens (tertiary/aromatic N) is 1. The number of halogens is 1. The van der Waals surface area contributed by atoms with Crippen molar-refractivity contribution in [3.63, 3.8) is 0 Å². The van der Waals surface area contributed by atoms with Crippen molar-refractivity contribution in [2.75, 3.05) is 5.32 Å². The molecular formula is C10H13FN2. The maximum Gasteiger partial charge on any atom is 0.212 e. The molecule has 2 rings (SSSR count). The lowest BCUT2D eigenvalue weighted by Crippen LogP contribution is -2.33. The fraction of sp³-hybridized carbons (Fsp3) is 0.500. The van der Waals surface area contributed by atoms with Gasteiger partial charge in [-0.05, 0) is 30.9 Å². The zero-order valence-electron chi connectivity index (χ0n) is 7.63. The summed E-state index contributed by atoms with van der Waals surface area (Å²) < 4.78 is 12.4. The van der Waals surface area contributed by atoms with E-state index in [1.54, 1.807) is 12.3 Å². The molecule has 70 valence electrons. The highest BCUT2D eigenvalue weighted by Crippen LogP contribution is 2.29. The van der Waals surface area contributed by atoms with Gasteiger partial charge in [0.25, 0.3) is 0 Å². The number of hydrogen-bond donors (Lipinski definition) is 1. The number of pyridine rings is 1. The van der Waals surface area contributed by atoms with Gasteiger partial charge in [0.05, 0.1) is 11.9 Å². The van der Waals surface area contributed by atoms with Crippen molar-refractivity contribution in [2.24, 2.45) is 5.92 Å². The quantitative estimate of drug-likeness (QED) is 0.707. The summed E-state index contributed by atoms with van der Waals surface area (Å²) in [7, 11) is 0. The Hall–Kier alpha value is -1.12. The molecule has 0 radical (unpaired) electrons. The van der Waals surface area contributed by atoms with Crippen LogP contribution in [-0.2, 0) is 0 Å². The molecule has 1 heterocycles. The Labute approximate surface area is 77.2 Å². The first-order valence-corrected chi connectivity index (χ1v) is 4.62. The standard InChI is InChI=1S/C10H13FN2/c1-7-4-9(5-7)13-8-2-3-10(11)12-6-8/h2-3,6-7,9,13H,4-5H2,1H3. The fourth-order valence-corrected chi connectivity index (χ4v) is 1.72. The lowest BCUT2D eigenvalue weighted by Gasteiger charge is -2.33. The average Bonchev–Trinajstić information content (AvgIpc) is 2.06. The van der Waals surface area contributed by atoms with Crippen LogP contribution in [0.25, 0.3) is 0 Å². The molecule has 1 saturated carbocycles. The van der Waals surface area contributed by atoms with Gasteiger partial charge in [0.1, 0.15) is 0 Å². The smallest absolute Gasteiger partial charge is 0.212 e. The highest BCUT2D eigenvalue weighted by Gasteiger charge is 2.24. The molecule has 0 spiro atoms. The molecular weight excluding hydrogens is 167 g/mol. The van der Waals surface area contributed by atoms with E-state index in [1.807, 2.05) is 0 Å². The largest absolute Gasteiger partial charge is 0.381 e. The third kappa shape index (κ3) is 1.97. The second-order valence-corrected chi connectivity index (χ2v) is 3.79. The van der Waals surface area contributed by atoms with E-state index in [1.165, 1.54) is 18.9 Å². The van der Waals surface area contributed by atoms with E-state index in [9.17, 15) is 4.39 Å². The highest BCUT2D eigenvalue weighted by molar-refractivity contribution is 5.41. The van der Waals surface area contributed by atoms with Crippen LogP contribution < -0.4 is 5.32 Å². The first kappa shape index (κ1) is 8.48. The van der Waals surface area contributed by atoms with Gasteiger partial charge in [-0.2, -0.15) is 4.39 Å². The summed E-state index contributed by atoms with van der Waals surface area (Å²) in [6, 6.07) is 3.66. The van der Waals surface area contributed by atoms with Gasteiger partial charge in [0.15, 0.2) is 0 Å². The average molecular weight is 180 g/mol. The van der Waals surface area contributed by atoms with Crippen LogP contribution in [0.1, 0.15) is 19.8 Å². The number of hydrogen-bond acceptors (Lipinski definition) is 2. The van der Waals surface area contributed by atoms with E-state index < -0.39 is 5.95 Å². The summed E-state index contributed by atoms with van der Waals surface area (Å²) in [5.41, 5.74) is 0.915. The molecule has 0 amide bonds. The topological polar surface area (TPSA) is 24.9 Å². The molecule has 0 atom stereocenters. The minimum absolute atomic E-state index is 0.424. The fourth-order valence-electron chi connectivity index (χ4n) is 1.72. The zero-order chi connectivity index (χ0) is 9.26. The van der Waals surface area contributed by atoms with Crippen LogP contribution >= 0.6 is 0 Å².